The molecule has 1 aromatic carbocycles. The van der Waals surface area contributed by atoms with Gasteiger partial charge in [0.25, 0.3) is 0 Å². The van der Waals surface area contributed by atoms with E-state index in [0.717, 1.165) is 18.4 Å². The van der Waals surface area contributed by atoms with E-state index in [1.165, 1.54) is 12.1 Å². The molecular weight excluding hydrogens is 409 g/mol. The van der Waals surface area contributed by atoms with E-state index in [0.29, 0.717) is 40.5 Å². The Hall–Kier alpha value is -3.55. The van der Waals surface area contributed by atoms with Crippen molar-refractivity contribution in [3.63, 3.8) is 0 Å². The van der Waals surface area contributed by atoms with Gasteiger partial charge in [-0.25, -0.2) is 8.91 Å². The third kappa shape index (κ3) is 3.26. The summed E-state index contributed by atoms with van der Waals surface area (Å²) in [5, 5.41) is 7.85. The zero-order valence-electron chi connectivity index (χ0n) is 17.5. The number of benzene rings is 1. The van der Waals surface area contributed by atoms with Crippen molar-refractivity contribution in [2.24, 2.45) is 23.7 Å². The molecule has 32 heavy (non-hydrogen) atoms. The van der Waals surface area contributed by atoms with Crippen LogP contribution >= 0.6 is 0 Å². The van der Waals surface area contributed by atoms with Crippen molar-refractivity contribution in [2.75, 3.05) is 5.32 Å². The minimum atomic E-state index is -0.301. The van der Waals surface area contributed by atoms with Gasteiger partial charge >= 0.3 is 0 Å². The molecule has 0 saturated heterocycles. The number of halogens is 1. The van der Waals surface area contributed by atoms with Crippen LogP contribution < -0.4 is 10.1 Å². The van der Waals surface area contributed by atoms with Gasteiger partial charge in [0.15, 0.2) is 5.65 Å². The van der Waals surface area contributed by atoms with Crippen LogP contribution in [-0.2, 0) is 4.79 Å². The lowest BCUT2D eigenvalue weighted by Gasteiger charge is -2.20. The lowest BCUT2D eigenvalue weighted by Crippen LogP contribution is -2.26. The van der Waals surface area contributed by atoms with E-state index in [1.54, 1.807) is 29.0 Å². The lowest BCUT2D eigenvalue weighted by atomic mass is 9.97. The van der Waals surface area contributed by atoms with Crippen LogP contribution in [0.4, 0.5) is 10.3 Å². The van der Waals surface area contributed by atoms with Crippen LogP contribution in [0.2, 0.25) is 0 Å². The van der Waals surface area contributed by atoms with Crippen LogP contribution in [0.15, 0.2) is 54.9 Å². The SMILES string of the molecule is CC(C(=O)Nc1nc2ccccn2n1)[C@H]1[C@@H]2C[C@H](Oc3ccnc4ccc(F)cc34)C[C@@H]21. The van der Waals surface area contributed by atoms with Gasteiger partial charge in [0.1, 0.15) is 11.6 Å². The highest BCUT2D eigenvalue weighted by atomic mass is 19.1. The Labute approximate surface area is 183 Å². The van der Waals surface area contributed by atoms with Crippen LogP contribution in [-0.4, -0.2) is 31.6 Å². The van der Waals surface area contributed by atoms with Gasteiger partial charge < -0.3 is 4.74 Å². The van der Waals surface area contributed by atoms with Crippen molar-refractivity contribution in [3.05, 3.63) is 60.7 Å². The second kappa shape index (κ2) is 7.25. The number of nitrogens with one attached hydrogen (secondary N) is 1. The predicted octanol–water partition coefficient (Wildman–Crippen LogP) is 4.09. The van der Waals surface area contributed by atoms with Crippen molar-refractivity contribution < 1.29 is 13.9 Å². The highest BCUT2D eigenvalue weighted by molar-refractivity contribution is 5.91. The molecule has 1 amide bonds. The third-order valence-corrected chi connectivity index (χ3v) is 6.89. The number of fused-ring (bicyclic) bond motifs is 3. The molecule has 3 heterocycles. The number of pyridine rings is 2. The van der Waals surface area contributed by atoms with Gasteiger partial charge in [0.05, 0.1) is 11.6 Å². The number of anilines is 1. The van der Waals surface area contributed by atoms with Crippen LogP contribution in [0.25, 0.3) is 16.6 Å². The van der Waals surface area contributed by atoms with E-state index in [1.807, 2.05) is 25.1 Å². The molecule has 2 aliphatic rings. The van der Waals surface area contributed by atoms with Gasteiger partial charge in [-0.15, -0.1) is 5.10 Å². The van der Waals surface area contributed by atoms with Crippen molar-refractivity contribution >= 4 is 28.4 Å². The molecule has 5 atom stereocenters. The van der Waals surface area contributed by atoms with Gasteiger partial charge in [0.2, 0.25) is 11.9 Å². The topological polar surface area (TPSA) is 81.4 Å². The fourth-order valence-corrected chi connectivity index (χ4v) is 5.34. The van der Waals surface area contributed by atoms with Gasteiger partial charge in [-0.1, -0.05) is 13.0 Å². The molecular formula is C24H22FN5O2. The number of aromatic nitrogens is 4. The maximum absolute atomic E-state index is 13.7. The molecule has 8 heteroatoms. The molecule has 3 aromatic heterocycles. The molecule has 0 spiro atoms. The molecule has 1 unspecified atom stereocenters. The van der Waals surface area contributed by atoms with Crippen molar-refractivity contribution in [1.82, 2.24) is 19.6 Å². The quantitative estimate of drug-likeness (QED) is 0.515. The second-order valence-electron chi connectivity index (χ2n) is 8.80. The minimum Gasteiger partial charge on any atom is -0.490 e. The number of nitrogens with zero attached hydrogens (tertiary/aromatic N) is 4. The number of hydrogen-bond donors (Lipinski definition) is 1. The molecule has 2 aliphatic carbocycles. The first-order valence-electron chi connectivity index (χ1n) is 10.9. The van der Waals surface area contributed by atoms with Crippen LogP contribution in [0.5, 0.6) is 5.75 Å². The Bertz CT molecular complexity index is 1290. The van der Waals surface area contributed by atoms with E-state index in [4.69, 9.17) is 4.74 Å². The first kappa shape index (κ1) is 19.2. The highest BCUT2D eigenvalue weighted by Gasteiger charge is 2.59. The van der Waals surface area contributed by atoms with Crippen LogP contribution in [0.3, 0.4) is 0 Å². The Kier molecular flexibility index (Phi) is 4.34. The number of amides is 1. The monoisotopic (exact) mass is 431 g/mol. The van der Waals surface area contributed by atoms with E-state index in [-0.39, 0.29) is 23.7 Å². The number of hydrogen-bond acceptors (Lipinski definition) is 5. The fraction of sp³-hybridized carbons (Fsp3) is 0.333. The molecule has 2 saturated carbocycles. The van der Waals surface area contributed by atoms with Gasteiger partial charge in [-0.2, -0.15) is 4.98 Å². The van der Waals surface area contributed by atoms with Crippen molar-refractivity contribution in [1.29, 1.82) is 0 Å². The van der Waals surface area contributed by atoms with Crippen LogP contribution in [0.1, 0.15) is 19.8 Å². The van der Waals surface area contributed by atoms with E-state index in [2.05, 4.69) is 20.4 Å². The van der Waals surface area contributed by atoms with Crippen molar-refractivity contribution in [3.8, 4) is 5.75 Å². The molecule has 162 valence electrons. The maximum Gasteiger partial charge on any atom is 0.249 e. The average Bonchev–Trinajstić information content (AvgIpc) is 3.10. The molecule has 0 aliphatic heterocycles. The molecule has 4 aromatic rings. The maximum atomic E-state index is 13.7. The zero-order valence-corrected chi connectivity index (χ0v) is 17.5. The van der Waals surface area contributed by atoms with E-state index in [9.17, 15) is 9.18 Å². The Balaban J connectivity index is 1.08. The Morgan fingerprint density at radius 2 is 2.06 bits per heavy atom. The summed E-state index contributed by atoms with van der Waals surface area (Å²) < 4.78 is 21.6. The van der Waals surface area contributed by atoms with Gasteiger partial charge in [0, 0.05) is 23.7 Å². The fourth-order valence-electron chi connectivity index (χ4n) is 5.34. The molecule has 7 nitrogen and oxygen atoms in total. The minimum absolute atomic E-state index is 0.0478. The van der Waals surface area contributed by atoms with E-state index >= 15 is 0 Å². The standard InChI is InChI=1S/C24H22FN5O2/c1-13(23(31)28-24-27-21-4-2-3-9-30(21)29-24)22-16-11-15(12-17(16)22)32-20-7-8-26-19-6-5-14(25)10-18(19)20/h2-10,13,15-17,22H,11-12H2,1H3,(H,28,29,31)/t13?,15-,16+,17-,22-. The first-order chi connectivity index (χ1) is 15.6. The number of carbonyl (C=O) groups is 1. The van der Waals surface area contributed by atoms with Crippen molar-refractivity contribution in [2.45, 2.75) is 25.9 Å². The zero-order chi connectivity index (χ0) is 21.8. The van der Waals surface area contributed by atoms with Crippen LogP contribution in [0, 0.1) is 29.5 Å². The highest BCUT2D eigenvalue weighted by Crippen LogP contribution is 2.61. The second-order valence-corrected chi connectivity index (χ2v) is 8.80. The molecule has 0 bridgehead atoms. The molecule has 6 rings (SSSR count). The summed E-state index contributed by atoms with van der Waals surface area (Å²) in [6.45, 7) is 1.98. The molecule has 1 N–H and O–H groups in total. The molecule has 2 fully saturated rings. The summed E-state index contributed by atoms with van der Waals surface area (Å²) in [5.74, 6) is 1.82. The lowest BCUT2D eigenvalue weighted by molar-refractivity contribution is -0.120. The predicted molar refractivity (Wildman–Crippen MR) is 117 cm³/mol. The normalized spacial score (nSPS) is 24.9. The summed E-state index contributed by atoms with van der Waals surface area (Å²) in [7, 11) is 0. The third-order valence-electron chi connectivity index (χ3n) is 6.89. The largest absolute Gasteiger partial charge is 0.490 e. The summed E-state index contributed by atoms with van der Waals surface area (Å²) in [6, 6.07) is 11.9. The summed E-state index contributed by atoms with van der Waals surface area (Å²) >= 11 is 0. The first-order valence-corrected chi connectivity index (χ1v) is 10.9. The summed E-state index contributed by atoms with van der Waals surface area (Å²) in [5.41, 5.74) is 1.41. The Morgan fingerprint density at radius 1 is 1.22 bits per heavy atom. The number of ether oxygens (including phenoxy) is 1. The average molecular weight is 431 g/mol. The number of rotatable bonds is 5. The summed E-state index contributed by atoms with van der Waals surface area (Å²) in [4.78, 5) is 21.4. The van der Waals surface area contributed by atoms with Gasteiger partial charge in [-0.3, -0.25) is 15.1 Å². The number of carbonyl (C=O) groups excluding carboxylic acids is 1. The van der Waals surface area contributed by atoms with E-state index < -0.39 is 0 Å². The van der Waals surface area contributed by atoms with Gasteiger partial charge in [-0.05, 0) is 67.0 Å². The smallest absolute Gasteiger partial charge is 0.249 e. The molecule has 0 radical (unpaired) electrons. The summed E-state index contributed by atoms with van der Waals surface area (Å²) in [6.07, 6.45) is 5.36. The Morgan fingerprint density at radius 3 is 2.88 bits per heavy atom.